The lowest BCUT2D eigenvalue weighted by Crippen LogP contribution is -2.51. The molecular weight excluding hydrogens is 362 g/mol. The highest BCUT2D eigenvalue weighted by Gasteiger charge is 2.27. The lowest BCUT2D eigenvalue weighted by molar-refractivity contribution is -0.119. The minimum Gasteiger partial charge on any atom is -0.322 e. The number of aryl methyl sites for hydroxylation is 1. The van der Waals surface area contributed by atoms with Crippen molar-refractivity contribution in [3.8, 4) is 0 Å². The van der Waals surface area contributed by atoms with Crippen LogP contribution in [0.15, 0.2) is 71.8 Å². The number of carbonyl (C=O) groups excluding carboxylic acids is 2. The first-order valence-electron chi connectivity index (χ1n) is 10.1. The number of nitrogens with one attached hydrogen (secondary N) is 3. The van der Waals surface area contributed by atoms with Crippen LogP contribution in [0.5, 0.6) is 0 Å². The Bertz CT molecular complexity index is 989. The van der Waals surface area contributed by atoms with Crippen molar-refractivity contribution in [2.24, 2.45) is 0 Å². The molecule has 1 atom stereocenters. The van der Waals surface area contributed by atoms with Crippen LogP contribution in [-0.4, -0.2) is 17.9 Å². The van der Waals surface area contributed by atoms with Crippen molar-refractivity contribution in [2.75, 3.05) is 5.32 Å². The lowest BCUT2D eigenvalue weighted by atomic mass is 9.88. The molecule has 5 heteroatoms. The highest BCUT2D eigenvalue weighted by Crippen LogP contribution is 2.26. The topological polar surface area (TPSA) is 70.2 Å². The second-order valence-electron chi connectivity index (χ2n) is 7.44. The summed E-state index contributed by atoms with van der Waals surface area (Å²) < 4.78 is 0. The zero-order valence-corrected chi connectivity index (χ0v) is 16.5. The first kappa shape index (κ1) is 19.2. The van der Waals surface area contributed by atoms with Gasteiger partial charge in [0.2, 0.25) is 0 Å². The molecule has 0 bridgehead atoms. The van der Waals surface area contributed by atoms with Crippen molar-refractivity contribution in [3.63, 3.8) is 0 Å². The number of rotatable bonds is 5. The molecular formula is C24H25N3O2. The van der Waals surface area contributed by atoms with Crippen molar-refractivity contribution in [3.05, 3.63) is 88.5 Å². The van der Waals surface area contributed by atoms with E-state index in [0.29, 0.717) is 12.0 Å². The number of benzene rings is 2. The highest BCUT2D eigenvalue weighted by molar-refractivity contribution is 6.04. The Kier molecular flexibility index (Phi) is 5.58. The second kappa shape index (κ2) is 8.45. The molecule has 1 aliphatic heterocycles. The molecule has 29 heavy (non-hydrogen) atoms. The second-order valence-corrected chi connectivity index (χ2v) is 7.44. The fourth-order valence-electron chi connectivity index (χ4n) is 3.82. The van der Waals surface area contributed by atoms with Crippen molar-refractivity contribution in [1.82, 2.24) is 10.9 Å². The van der Waals surface area contributed by atoms with Crippen molar-refractivity contribution in [2.45, 2.75) is 38.6 Å². The average Bonchev–Trinajstić information content (AvgIpc) is 2.77. The minimum atomic E-state index is -0.126. The number of hydrazine groups is 1. The van der Waals surface area contributed by atoms with E-state index in [9.17, 15) is 9.59 Å². The fraction of sp³-hybridized carbons (Fsp3) is 0.250. The molecule has 0 aromatic heterocycles. The summed E-state index contributed by atoms with van der Waals surface area (Å²) in [4.78, 5) is 24.7. The van der Waals surface area contributed by atoms with E-state index in [1.807, 2.05) is 54.6 Å². The predicted octanol–water partition coefficient (Wildman–Crippen LogP) is 3.69. The van der Waals surface area contributed by atoms with Gasteiger partial charge >= 0.3 is 0 Å². The maximum Gasteiger partial charge on any atom is 0.261 e. The number of hydrogen-bond acceptors (Lipinski definition) is 3. The van der Waals surface area contributed by atoms with Crippen LogP contribution in [-0.2, 0) is 17.6 Å². The molecule has 3 N–H and O–H groups in total. The number of anilines is 1. The summed E-state index contributed by atoms with van der Waals surface area (Å²) in [5, 5.41) is 2.96. The van der Waals surface area contributed by atoms with E-state index in [4.69, 9.17) is 0 Å². The van der Waals surface area contributed by atoms with Crippen LogP contribution in [0.25, 0.3) is 0 Å². The third-order valence-corrected chi connectivity index (χ3v) is 5.47. The van der Waals surface area contributed by atoms with Gasteiger partial charge in [-0.05, 0) is 66.6 Å². The lowest BCUT2D eigenvalue weighted by Gasteiger charge is -2.30. The Morgan fingerprint density at radius 3 is 2.76 bits per heavy atom. The molecule has 2 aromatic rings. The maximum absolute atomic E-state index is 12.7. The molecule has 0 saturated carbocycles. The quantitative estimate of drug-likeness (QED) is 0.733. The third kappa shape index (κ3) is 4.30. The van der Waals surface area contributed by atoms with E-state index in [0.717, 1.165) is 41.7 Å². The third-order valence-electron chi connectivity index (χ3n) is 5.47. The zero-order chi connectivity index (χ0) is 20.2. The number of hydrogen-bond donors (Lipinski definition) is 3. The molecule has 1 unspecified atom stereocenters. The molecule has 4 rings (SSSR count). The first-order chi connectivity index (χ1) is 14.1. The van der Waals surface area contributed by atoms with Gasteiger partial charge in [0.15, 0.2) is 0 Å². The van der Waals surface area contributed by atoms with Gasteiger partial charge in [-0.15, -0.1) is 0 Å². The SMILES string of the molecule is CCc1ccc(NC(=O)c2cccc(CC3NNC(=O)C4=C3C=CCC4)c2)cc1. The van der Waals surface area contributed by atoms with E-state index < -0.39 is 0 Å². The summed E-state index contributed by atoms with van der Waals surface area (Å²) >= 11 is 0. The number of carbonyl (C=O) groups is 2. The van der Waals surface area contributed by atoms with Gasteiger partial charge in [0.05, 0.1) is 6.04 Å². The van der Waals surface area contributed by atoms with E-state index in [-0.39, 0.29) is 17.9 Å². The van der Waals surface area contributed by atoms with Gasteiger partial charge in [-0.1, -0.05) is 43.3 Å². The maximum atomic E-state index is 12.7. The van der Waals surface area contributed by atoms with Crippen molar-refractivity contribution in [1.29, 1.82) is 0 Å². The van der Waals surface area contributed by atoms with Gasteiger partial charge in [-0.25, -0.2) is 5.43 Å². The standard InChI is InChI=1S/C24H25N3O2/c1-2-16-10-12-19(13-11-16)25-23(28)18-7-5-6-17(14-18)15-22-20-8-3-4-9-21(20)24(29)27-26-22/h3,5-8,10-14,22,26H,2,4,9,15H2,1H3,(H,25,28)(H,27,29). The summed E-state index contributed by atoms with van der Waals surface area (Å²) in [6.45, 7) is 2.10. The van der Waals surface area contributed by atoms with Gasteiger partial charge < -0.3 is 5.32 Å². The van der Waals surface area contributed by atoms with Gasteiger partial charge in [-0.2, -0.15) is 0 Å². The molecule has 0 fully saturated rings. The first-order valence-corrected chi connectivity index (χ1v) is 10.1. The minimum absolute atomic E-state index is 0.000788. The number of amides is 2. The predicted molar refractivity (Wildman–Crippen MR) is 114 cm³/mol. The van der Waals surface area contributed by atoms with Gasteiger partial charge in [-0.3, -0.25) is 15.0 Å². The van der Waals surface area contributed by atoms with Crippen LogP contribution in [0.1, 0.15) is 41.3 Å². The number of allylic oxidation sites excluding steroid dienone is 1. The highest BCUT2D eigenvalue weighted by atomic mass is 16.2. The zero-order valence-electron chi connectivity index (χ0n) is 16.5. The average molecular weight is 387 g/mol. The van der Waals surface area contributed by atoms with Crippen LogP contribution in [0.3, 0.4) is 0 Å². The Labute approximate surface area is 170 Å². The Morgan fingerprint density at radius 2 is 1.97 bits per heavy atom. The van der Waals surface area contributed by atoms with Gasteiger partial charge in [0.25, 0.3) is 11.8 Å². The molecule has 0 spiro atoms. The summed E-state index contributed by atoms with van der Waals surface area (Å²) in [6, 6.07) is 15.6. The molecule has 0 radical (unpaired) electrons. The molecule has 2 aliphatic rings. The molecule has 148 valence electrons. The van der Waals surface area contributed by atoms with Crippen LogP contribution < -0.4 is 16.2 Å². The summed E-state index contributed by atoms with van der Waals surface area (Å²) in [5.74, 6) is -0.165. The van der Waals surface area contributed by atoms with Crippen molar-refractivity contribution < 1.29 is 9.59 Å². The summed E-state index contributed by atoms with van der Waals surface area (Å²) in [6.07, 6.45) is 7.49. The van der Waals surface area contributed by atoms with Gasteiger partial charge in [0, 0.05) is 16.8 Å². The molecule has 1 heterocycles. The molecule has 0 saturated heterocycles. The van der Waals surface area contributed by atoms with E-state index in [1.54, 1.807) is 0 Å². The van der Waals surface area contributed by atoms with E-state index >= 15 is 0 Å². The Hall–Kier alpha value is -3.18. The molecule has 1 aliphatic carbocycles. The van der Waals surface area contributed by atoms with Crippen LogP contribution in [0.4, 0.5) is 5.69 Å². The molecule has 2 amide bonds. The normalized spacial score (nSPS) is 18.2. The van der Waals surface area contributed by atoms with E-state index in [2.05, 4.69) is 29.2 Å². The van der Waals surface area contributed by atoms with Crippen molar-refractivity contribution >= 4 is 17.5 Å². The van der Waals surface area contributed by atoms with Crippen LogP contribution >= 0.6 is 0 Å². The monoisotopic (exact) mass is 387 g/mol. The molecule has 5 nitrogen and oxygen atoms in total. The smallest absolute Gasteiger partial charge is 0.261 e. The fourth-order valence-corrected chi connectivity index (χ4v) is 3.82. The summed E-state index contributed by atoms with van der Waals surface area (Å²) in [5.41, 5.74) is 11.5. The van der Waals surface area contributed by atoms with E-state index in [1.165, 1.54) is 5.56 Å². The molecule has 2 aromatic carbocycles. The Balaban J connectivity index is 1.48. The van der Waals surface area contributed by atoms with Gasteiger partial charge in [0.1, 0.15) is 0 Å². The van der Waals surface area contributed by atoms with Crippen LogP contribution in [0.2, 0.25) is 0 Å². The summed E-state index contributed by atoms with van der Waals surface area (Å²) in [7, 11) is 0. The largest absolute Gasteiger partial charge is 0.322 e. The van der Waals surface area contributed by atoms with Crippen LogP contribution in [0, 0.1) is 0 Å². The Morgan fingerprint density at radius 1 is 1.14 bits per heavy atom.